The first-order chi connectivity index (χ1) is 14.2. The highest BCUT2D eigenvalue weighted by Crippen LogP contribution is 2.32. The maximum absolute atomic E-state index is 13.1. The molecule has 2 heterocycles. The highest BCUT2D eigenvalue weighted by molar-refractivity contribution is 5.98. The van der Waals surface area contributed by atoms with Crippen LogP contribution >= 0.6 is 12.4 Å². The van der Waals surface area contributed by atoms with Crippen molar-refractivity contribution in [2.75, 3.05) is 37.7 Å². The highest BCUT2D eigenvalue weighted by Gasteiger charge is 2.30. The number of fused-ring (bicyclic) bond motifs is 1. The van der Waals surface area contributed by atoms with Crippen LogP contribution in [0.3, 0.4) is 0 Å². The fourth-order valence-electron chi connectivity index (χ4n) is 4.03. The molecule has 6 nitrogen and oxygen atoms in total. The van der Waals surface area contributed by atoms with E-state index in [1.165, 1.54) is 5.56 Å². The van der Waals surface area contributed by atoms with Crippen molar-refractivity contribution in [1.82, 2.24) is 10.2 Å². The van der Waals surface area contributed by atoms with Crippen molar-refractivity contribution in [2.24, 2.45) is 0 Å². The molecule has 160 valence electrons. The molecule has 1 atom stereocenters. The molecule has 1 unspecified atom stereocenters. The smallest absolute Gasteiger partial charge is 0.265 e. The molecule has 7 heteroatoms. The number of piperazine rings is 1. The Morgan fingerprint density at radius 2 is 1.93 bits per heavy atom. The van der Waals surface area contributed by atoms with Gasteiger partial charge in [-0.3, -0.25) is 9.59 Å². The molecule has 0 spiro atoms. The molecule has 0 aliphatic carbocycles. The maximum atomic E-state index is 13.1. The van der Waals surface area contributed by atoms with Crippen molar-refractivity contribution in [3.05, 3.63) is 59.7 Å². The number of carbonyl (C=O) groups excluding carboxylic acids is 2. The van der Waals surface area contributed by atoms with Crippen LogP contribution in [0.2, 0.25) is 0 Å². The standard InChI is InChI=1S/C23H27N3O3.ClH/c1-2-17-7-9-18(10-8-17)20-15-24-12-14-26(20)22(27)11-13-25-19-5-3-4-6-21(19)29-16-23(25)28;/h3-10,20,24H,2,11-16H2,1H3;1H. The van der Waals surface area contributed by atoms with Gasteiger partial charge in [0.1, 0.15) is 5.75 Å². The summed E-state index contributed by atoms with van der Waals surface area (Å²) in [7, 11) is 0. The summed E-state index contributed by atoms with van der Waals surface area (Å²) in [6.07, 6.45) is 1.30. The molecule has 0 saturated carbocycles. The average Bonchev–Trinajstić information content (AvgIpc) is 2.78. The number of amides is 2. The van der Waals surface area contributed by atoms with Crippen molar-refractivity contribution in [3.63, 3.8) is 0 Å². The van der Waals surface area contributed by atoms with Crippen LogP contribution in [0.1, 0.15) is 30.5 Å². The minimum Gasteiger partial charge on any atom is -0.482 e. The van der Waals surface area contributed by atoms with E-state index < -0.39 is 0 Å². The third-order valence-electron chi connectivity index (χ3n) is 5.69. The number of aryl methyl sites for hydroxylation is 1. The first kappa shape index (κ1) is 22.1. The molecule has 2 amide bonds. The predicted molar refractivity (Wildman–Crippen MR) is 119 cm³/mol. The SMILES string of the molecule is CCc1ccc(C2CNCCN2C(=O)CCN2C(=O)COc3ccccc32)cc1.Cl. The minimum absolute atomic E-state index is 0. The van der Waals surface area contributed by atoms with Crippen LogP contribution in [-0.2, 0) is 16.0 Å². The predicted octanol–water partition coefficient (Wildman–Crippen LogP) is 2.96. The molecule has 0 aromatic heterocycles. The minimum atomic E-state index is -0.108. The fraction of sp³-hybridized carbons (Fsp3) is 0.391. The molecular formula is C23H28ClN3O3. The second kappa shape index (κ2) is 9.96. The molecule has 1 fully saturated rings. The van der Waals surface area contributed by atoms with Gasteiger partial charge in [-0.1, -0.05) is 43.3 Å². The van der Waals surface area contributed by atoms with Crippen LogP contribution in [0.4, 0.5) is 5.69 Å². The molecule has 0 radical (unpaired) electrons. The van der Waals surface area contributed by atoms with Gasteiger partial charge < -0.3 is 19.9 Å². The van der Waals surface area contributed by atoms with Crippen molar-refractivity contribution < 1.29 is 14.3 Å². The van der Waals surface area contributed by atoms with Crippen molar-refractivity contribution in [1.29, 1.82) is 0 Å². The molecular weight excluding hydrogens is 402 g/mol. The number of carbonyl (C=O) groups is 2. The van der Waals surface area contributed by atoms with Crippen molar-refractivity contribution in [2.45, 2.75) is 25.8 Å². The van der Waals surface area contributed by atoms with Crippen LogP contribution in [0.25, 0.3) is 0 Å². The Hall–Kier alpha value is -2.57. The van der Waals surface area contributed by atoms with Crippen LogP contribution in [0, 0.1) is 0 Å². The van der Waals surface area contributed by atoms with E-state index in [1.807, 2.05) is 29.2 Å². The lowest BCUT2D eigenvalue weighted by atomic mass is 10.0. The van der Waals surface area contributed by atoms with Crippen molar-refractivity contribution in [3.8, 4) is 5.75 Å². The van der Waals surface area contributed by atoms with Crippen LogP contribution in [-0.4, -0.2) is 49.5 Å². The molecule has 2 aliphatic rings. The lowest BCUT2D eigenvalue weighted by Crippen LogP contribution is -2.49. The number of para-hydroxylation sites is 2. The lowest BCUT2D eigenvalue weighted by molar-refractivity contribution is -0.134. The van der Waals surface area contributed by atoms with Crippen LogP contribution in [0.5, 0.6) is 5.75 Å². The van der Waals surface area contributed by atoms with E-state index in [-0.39, 0.29) is 36.9 Å². The molecule has 1 saturated heterocycles. The van der Waals surface area contributed by atoms with E-state index in [9.17, 15) is 9.59 Å². The average molecular weight is 430 g/mol. The van der Waals surface area contributed by atoms with Gasteiger partial charge in [-0.2, -0.15) is 0 Å². The summed E-state index contributed by atoms with van der Waals surface area (Å²) in [6, 6.07) is 16.0. The Kier molecular flexibility index (Phi) is 7.34. The summed E-state index contributed by atoms with van der Waals surface area (Å²) in [5.41, 5.74) is 3.18. The number of hydrogen-bond acceptors (Lipinski definition) is 4. The van der Waals surface area contributed by atoms with Gasteiger partial charge in [0.25, 0.3) is 5.91 Å². The molecule has 1 N–H and O–H groups in total. The fourth-order valence-corrected chi connectivity index (χ4v) is 4.03. The van der Waals surface area contributed by atoms with Crippen molar-refractivity contribution >= 4 is 29.9 Å². The van der Waals surface area contributed by atoms with Crippen LogP contribution < -0.4 is 15.0 Å². The van der Waals surface area contributed by atoms with Gasteiger partial charge in [0.15, 0.2) is 6.61 Å². The first-order valence-corrected chi connectivity index (χ1v) is 10.3. The summed E-state index contributed by atoms with van der Waals surface area (Å²) in [5, 5.41) is 3.40. The van der Waals surface area contributed by atoms with Gasteiger partial charge in [-0.05, 0) is 29.7 Å². The number of ether oxygens (including phenoxy) is 1. The zero-order valence-corrected chi connectivity index (χ0v) is 18.0. The van der Waals surface area contributed by atoms with E-state index in [1.54, 1.807) is 4.90 Å². The second-order valence-corrected chi connectivity index (χ2v) is 7.45. The maximum Gasteiger partial charge on any atom is 0.265 e. The van der Waals surface area contributed by atoms with Gasteiger partial charge in [-0.25, -0.2) is 0 Å². The molecule has 2 aromatic carbocycles. The molecule has 2 aliphatic heterocycles. The Bertz CT molecular complexity index is 888. The molecule has 2 aromatic rings. The normalized spacial score (nSPS) is 18.3. The summed E-state index contributed by atoms with van der Waals surface area (Å²) in [5.74, 6) is 0.659. The number of hydrogen-bond donors (Lipinski definition) is 1. The molecule has 30 heavy (non-hydrogen) atoms. The van der Waals surface area contributed by atoms with Crippen LogP contribution in [0.15, 0.2) is 48.5 Å². The Morgan fingerprint density at radius 3 is 2.70 bits per heavy atom. The quantitative estimate of drug-likeness (QED) is 0.793. The van der Waals surface area contributed by atoms with E-state index in [0.29, 0.717) is 25.3 Å². The largest absolute Gasteiger partial charge is 0.482 e. The second-order valence-electron chi connectivity index (χ2n) is 7.45. The first-order valence-electron chi connectivity index (χ1n) is 10.3. The molecule has 0 bridgehead atoms. The highest BCUT2D eigenvalue weighted by atomic mass is 35.5. The van der Waals surface area contributed by atoms with Gasteiger partial charge in [-0.15, -0.1) is 12.4 Å². The number of nitrogens with zero attached hydrogens (tertiary/aromatic N) is 2. The van der Waals surface area contributed by atoms with Gasteiger partial charge >= 0.3 is 0 Å². The topological polar surface area (TPSA) is 61.9 Å². The Balaban J connectivity index is 0.00000256. The molecule has 4 rings (SSSR count). The number of halogens is 1. The van der Waals surface area contributed by atoms with Gasteiger partial charge in [0.05, 0.1) is 11.7 Å². The summed E-state index contributed by atoms with van der Waals surface area (Å²) in [4.78, 5) is 29.1. The Labute approximate surface area is 183 Å². The van der Waals surface area contributed by atoms with E-state index in [0.717, 1.165) is 30.8 Å². The van der Waals surface area contributed by atoms with Gasteiger partial charge in [0.2, 0.25) is 5.91 Å². The zero-order chi connectivity index (χ0) is 20.2. The number of anilines is 1. The summed E-state index contributed by atoms with van der Waals surface area (Å²) in [6.45, 7) is 4.73. The van der Waals surface area contributed by atoms with E-state index in [4.69, 9.17) is 4.74 Å². The number of benzene rings is 2. The third-order valence-corrected chi connectivity index (χ3v) is 5.69. The zero-order valence-electron chi connectivity index (χ0n) is 17.2. The number of rotatable bonds is 5. The summed E-state index contributed by atoms with van der Waals surface area (Å²) < 4.78 is 5.49. The lowest BCUT2D eigenvalue weighted by Gasteiger charge is -2.37. The van der Waals surface area contributed by atoms with E-state index in [2.05, 4.69) is 36.5 Å². The summed E-state index contributed by atoms with van der Waals surface area (Å²) >= 11 is 0. The van der Waals surface area contributed by atoms with E-state index >= 15 is 0 Å². The van der Waals surface area contributed by atoms with Gasteiger partial charge in [0, 0.05) is 32.6 Å². The monoisotopic (exact) mass is 429 g/mol. The Morgan fingerprint density at radius 1 is 1.17 bits per heavy atom. The third kappa shape index (κ3) is 4.60. The number of nitrogens with one attached hydrogen (secondary N) is 1.